The number of ether oxygens (including phenoxy) is 1. The molecule has 0 aromatic heterocycles. The number of amides is 1. The highest BCUT2D eigenvalue weighted by Gasteiger charge is 2.21. The monoisotopic (exact) mass is 171 g/mol. The second-order valence-corrected chi connectivity index (χ2v) is 3.39. The minimum Gasteiger partial charge on any atom is -0.450 e. The summed E-state index contributed by atoms with van der Waals surface area (Å²) in [5, 5.41) is 0. The molecule has 0 aromatic carbocycles. The van der Waals surface area contributed by atoms with Crippen LogP contribution < -0.4 is 0 Å². The van der Waals surface area contributed by atoms with Gasteiger partial charge in [-0.25, -0.2) is 4.79 Å². The topological polar surface area (TPSA) is 29.5 Å². The molecule has 70 valence electrons. The van der Waals surface area contributed by atoms with Gasteiger partial charge in [-0.2, -0.15) is 0 Å². The van der Waals surface area contributed by atoms with Crippen molar-refractivity contribution in [3.63, 3.8) is 0 Å². The number of likely N-dealkylation sites (tertiary alicyclic amines) is 1. The number of piperidine rings is 1. The lowest BCUT2D eigenvalue weighted by Crippen LogP contribution is -2.39. The van der Waals surface area contributed by atoms with Crippen LogP contribution in [-0.2, 0) is 4.74 Å². The van der Waals surface area contributed by atoms with Crippen LogP contribution in [0.25, 0.3) is 0 Å². The Morgan fingerprint density at radius 2 is 2.42 bits per heavy atom. The number of hydrogen-bond donors (Lipinski definition) is 0. The molecular weight excluding hydrogens is 154 g/mol. The van der Waals surface area contributed by atoms with Crippen LogP contribution in [0, 0.1) is 5.92 Å². The summed E-state index contributed by atoms with van der Waals surface area (Å²) in [4.78, 5) is 13.1. The molecule has 1 rings (SSSR count). The van der Waals surface area contributed by atoms with Crippen molar-refractivity contribution in [2.45, 2.75) is 26.7 Å². The molecular formula is C9H17NO2. The van der Waals surface area contributed by atoms with E-state index in [4.69, 9.17) is 4.74 Å². The normalized spacial score (nSPS) is 23.8. The molecule has 12 heavy (non-hydrogen) atoms. The van der Waals surface area contributed by atoms with Gasteiger partial charge >= 0.3 is 6.09 Å². The minimum atomic E-state index is -0.149. The Bertz CT molecular complexity index is 159. The second kappa shape index (κ2) is 4.33. The van der Waals surface area contributed by atoms with Crippen molar-refractivity contribution in [2.75, 3.05) is 19.7 Å². The highest BCUT2D eigenvalue weighted by molar-refractivity contribution is 5.67. The van der Waals surface area contributed by atoms with Crippen LogP contribution in [0.3, 0.4) is 0 Å². The fourth-order valence-corrected chi connectivity index (χ4v) is 1.57. The van der Waals surface area contributed by atoms with E-state index in [2.05, 4.69) is 6.92 Å². The predicted molar refractivity (Wildman–Crippen MR) is 47.0 cm³/mol. The number of hydrogen-bond acceptors (Lipinski definition) is 2. The Balaban J connectivity index is 2.35. The van der Waals surface area contributed by atoms with Crippen molar-refractivity contribution in [2.24, 2.45) is 5.92 Å². The summed E-state index contributed by atoms with van der Waals surface area (Å²) in [6, 6.07) is 0. The van der Waals surface area contributed by atoms with Crippen molar-refractivity contribution >= 4 is 6.09 Å². The third kappa shape index (κ3) is 2.40. The van der Waals surface area contributed by atoms with Gasteiger partial charge in [-0.3, -0.25) is 0 Å². The zero-order chi connectivity index (χ0) is 8.97. The largest absolute Gasteiger partial charge is 0.450 e. The lowest BCUT2D eigenvalue weighted by atomic mass is 10.0. The molecule has 1 amide bonds. The average Bonchev–Trinajstić information content (AvgIpc) is 2.05. The fourth-order valence-electron chi connectivity index (χ4n) is 1.57. The van der Waals surface area contributed by atoms with Crippen molar-refractivity contribution < 1.29 is 9.53 Å². The smallest absolute Gasteiger partial charge is 0.409 e. The first-order chi connectivity index (χ1) is 5.74. The van der Waals surface area contributed by atoms with E-state index in [1.54, 1.807) is 4.90 Å². The maximum atomic E-state index is 11.2. The summed E-state index contributed by atoms with van der Waals surface area (Å²) < 4.78 is 4.92. The van der Waals surface area contributed by atoms with Gasteiger partial charge in [-0.15, -0.1) is 0 Å². The van der Waals surface area contributed by atoms with Gasteiger partial charge in [0.15, 0.2) is 0 Å². The van der Waals surface area contributed by atoms with Gasteiger partial charge in [0.25, 0.3) is 0 Å². The van der Waals surface area contributed by atoms with Crippen LogP contribution in [0.15, 0.2) is 0 Å². The van der Waals surface area contributed by atoms with E-state index in [0.29, 0.717) is 12.5 Å². The highest BCUT2D eigenvalue weighted by Crippen LogP contribution is 2.15. The minimum absolute atomic E-state index is 0.149. The van der Waals surface area contributed by atoms with Crippen LogP contribution in [0.1, 0.15) is 26.7 Å². The number of rotatable bonds is 1. The van der Waals surface area contributed by atoms with E-state index in [9.17, 15) is 4.79 Å². The molecule has 0 aromatic rings. The van der Waals surface area contributed by atoms with Gasteiger partial charge in [0.2, 0.25) is 0 Å². The van der Waals surface area contributed by atoms with Gasteiger partial charge in [-0.1, -0.05) is 6.92 Å². The zero-order valence-electron chi connectivity index (χ0n) is 7.88. The van der Waals surface area contributed by atoms with Crippen LogP contribution >= 0.6 is 0 Å². The zero-order valence-corrected chi connectivity index (χ0v) is 7.88. The van der Waals surface area contributed by atoms with E-state index >= 15 is 0 Å². The molecule has 1 saturated heterocycles. The second-order valence-electron chi connectivity index (χ2n) is 3.39. The standard InChI is InChI=1S/C9H17NO2/c1-3-12-9(11)10-6-4-5-8(2)7-10/h8H,3-7H2,1-2H3/t8-/m0/s1. The SMILES string of the molecule is CCOC(=O)N1CCC[C@H](C)C1. The summed E-state index contributed by atoms with van der Waals surface area (Å²) >= 11 is 0. The molecule has 3 heteroatoms. The van der Waals surface area contributed by atoms with E-state index in [1.807, 2.05) is 6.92 Å². The van der Waals surface area contributed by atoms with Crippen LogP contribution in [0.5, 0.6) is 0 Å². The van der Waals surface area contributed by atoms with Gasteiger partial charge in [0.05, 0.1) is 6.61 Å². The molecule has 1 fully saturated rings. The molecule has 1 aliphatic rings. The summed E-state index contributed by atoms with van der Waals surface area (Å²) in [5.74, 6) is 0.628. The summed E-state index contributed by atoms with van der Waals surface area (Å²) in [5.41, 5.74) is 0. The van der Waals surface area contributed by atoms with Crippen LogP contribution in [-0.4, -0.2) is 30.7 Å². The molecule has 1 aliphatic heterocycles. The Morgan fingerprint density at radius 3 is 3.00 bits per heavy atom. The highest BCUT2D eigenvalue weighted by atomic mass is 16.6. The van der Waals surface area contributed by atoms with Gasteiger partial charge in [0, 0.05) is 13.1 Å². The van der Waals surface area contributed by atoms with Crippen LogP contribution in [0.2, 0.25) is 0 Å². The molecule has 3 nitrogen and oxygen atoms in total. The summed E-state index contributed by atoms with van der Waals surface area (Å²) in [6.07, 6.45) is 2.19. The molecule has 0 unspecified atom stereocenters. The summed E-state index contributed by atoms with van der Waals surface area (Å²) in [6.45, 7) is 6.21. The molecule has 1 atom stereocenters. The molecule has 0 N–H and O–H groups in total. The van der Waals surface area contributed by atoms with E-state index < -0.39 is 0 Å². The van der Waals surface area contributed by atoms with Crippen LogP contribution in [0.4, 0.5) is 4.79 Å². The van der Waals surface area contributed by atoms with Gasteiger partial charge < -0.3 is 9.64 Å². The third-order valence-electron chi connectivity index (χ3n) is 2.18. The Kier molecular flexibility index (Phi) is 3.38. The van der Waals surface area contributed by atoms with Crippen molar-refractivity contribution in [1.82, 2.24) is 4.90 Å². The van der Waals surface area contributed by atoms with E-state index in [0.717, 1.165) is 19.5 Å². The quantitative estimate of drug-likeness (QED) is 0.602. The maximum absolute atomic E-state index is 11.2. The van der Waals surface area contributed by atoms with Crippen molar-refractivity contribution in [3.05, 3.63) is 0 Å². The first-order valence-electron chi connectivity index (χ1n) is 4.65. The fraction of sp³-hybridized carbons (Fsp3) is 0.889. The number of carbonyl (C=O) groups is 1. The van der Waals surface area contributed by atoms with Gasteiger partial charge in [0.1, 0.15) is 0 Å². The molecule has 0 saturated carbocycles. The Morgan fingerprint density at radius 1 is 1.67 bits per heavy atom. The first-order valence-corrected chi connectivity index (χ1v) is 4.65. The molecule has 0 spiro atoms. The van der Waals surface area contributed by atoms with E-state index in [1.165, 1.54) is 6.42 Å². The molecule has 1 heterocycles. The predicted octanol–water partition coefficient (Wildman–Crippen LogP) is 1.87. The molecule has 0 bridgehead atoms. The Labute approximate surface area is 73.7 Å². The summed E-state index contributed by atoms with van der Waals surface area (Å²) in [7, 11) is 0. The lowest BCUT2D eigenvalue weighted by molar-refractivity contribution is 0.0905. The third-order valence-corrected chi connectivity index (χ3v) is 2.18. The average molecular weight is 171 g/mol. The van der Waals surface area contributed by atoms with Gasteiger partial charge in [-0.05, 0) is 25.7 Å². The maximum Gasteiger partial charge on any atom is 0.409 e. The first kappa shape index (κ1) is 9.36. The molecule has 0 radical (unpaired) electrons. The van der Waals surface area contributed by atoms with E-state index in [-0.39, 0.29) is 6.09 Å². The number of carbonyl (C=O) groups excluding carboxylic acids is 1. The van der Waals surface area contributed by atoms with Crippen molar-refractivity contribution in [1.29, 1.82) is 0 Å². The lowest BCUT2D eigenvalue weighted by Gasteiger charge is -2.29. The number of nitrogens with zero attached hydrogens (tertiary/aromatic N) is 1. The van der Waals surface area contributed by atoms with Crippen molar-refractivity contribution in [3.8, 4) is 0 Å². The molecule has 0 aliphatic carbocycles. The Hall–Kier alpha value is -0.730.